The van der Waals surface area contributed by atoms with E-state index in [1.54, 1.807) is 12.1 Å². The van der Waals surface area contributed by atoms with Gasteiger partial charge in [0, 0.05) is 0 Å². The zero-order valence-corrected chi connectivity index (χ0v) is 5.56. The van der Waals surface area contributed by atoms with Gasteiger partial charge in [-0.05, 0) is 12.1 Å². The van der Waals surface area contributed by atoms with Gasteiger partial charge in [-0.15, -0.1) is 0 Å². The lowest BCUT2D eigenvalue weighted by molar-refractivity contribution is 0.501. The van der Waals surface area contributed by atoms with Gasteiger partial charge >= 0.3 is 6.20 Å². The highest BCUT2D eigenvalue weighted by molar-refractivity contribution is 5.25. The van der Waals surface area contributed by atoms with Crippen molar-refractivity contribution in [3.63, 3.8) is 0 Å². The summed E-state index contributed by atoms with van der Waals surface area (Å²) in [7, 11) is 0. The summed E-state index contributed by atoms with van der Waals surface area (Å²) in [5, 5.41) is 11.1. The minimum absolute atomic E-state index is 0.419. The Kier molecular flexibility index (Phi) is 2.13. The van der Waals surface area contributed by atoms with Crippen LogP contribution in [0.25, 0.3) is 17.4 Å². The Morgan fingerprint density at radius 2 is 2.27 bits per heavy atom. The first-order valence-electron chi connectivity index (χ1n) is 2.84. The lowest BCUT2D eigenvalue weighted by atomic mass is 10.5. The number of diazo groups is 1. The highest BCUT2D eigenvalue weighted by atomic mass is 16.3. The van der Waals surface area contributed by atoms with Crippen molar-refractivity contribution in [2.24, 2.45) is 5.11 Å². The number of furan rings is 1. The van der Waals surface area contributed by atoms with Crippen molar-refractivity contribution in [3.8, 4) is 0 Å². The van der Waals surface area contributed by atoms with Crippen molar-refractivity contribution in [1.82, 2.24) is 0 Å². The van der Waals surface area contributed by atoms with E-state index in [9.17, 15) is 0 Å². The molecule has 0 radical (unpaired) electrons. The normalized spacial score (nSPS) is 13.0. The Labute approximate surface area is 61.8 Å². The fraction of sp³-hybridized carbons (Fsp3) is 0. The summed E-state index contributed by atoms with van der Waals surface area (Å²) in [5.74, 6) is 0. The van der Waals surface area contributed by atoms with Crippen molar-refractivity contribution in [2.45, 2.75) is 0 Å². The topological polar surface area (TPSA) is 77.5 Å². The molecule has 0 spiro atoms. The van der Waals surface area contributed by atoms with Gasteiger partial charge in [-0.3, -0.25) is 0 Å². The highest BCUT2D eigenvalue weighted by Gasteiger charge is 1.89. The van der Waals surface area contributed by atoms with Crippen molar-refractivity contribution < 1.29 is 4.42 Å². The molecule has 0 saturated carbocycles. The molecule has 11 heavy (non-hydrogen) atoms. The van der Waals surface area contributed by atoms with Gasteiger partial charge in [0.1, 0.15) is 5.42 Å². The summed E-state index contributed by atoms with van der Waals surface area (Å²) in [4.78, 5) is 2.77. The van der Waals surface area contributed by atoms with Crippen LogP contribution in [0.5, 0.6) is 0 Å². The first kappa shape index (κ1) is 7.15. The minimum atomic E-state index is 0.419. The Hall–Kier alpha value is -1.96. The molecule has 5 nitrogen and oxygen atoms in total. The average Bonchev–Trinajstić information content (AvgIpc) is 2.38. The van der Waals surface area contributed by atoms with Gasteiger partial charge in [-0.1, -0.05) is 0 Å². The van der Waals surface area contributed by atoms with Gasteiger partial charge in [0.25, 0.3) is 0 Å². The second-order valence-electron chi connectivity index (χ2n) is 1.74. The van der Waals surface area contributed by atoms with Crippen molar-refractivity contribution in [2.75, 3.05) is 0 Å². The van der Waals surface area contributed by atoms with Crippen molar-refractivity contribution >= 4 is 12.4 Å². The van der Waals surface area contributed by atoms with E-state index < -0.39 is 0 Å². The largest absolute Gasteiger partial charge is 0.448 e. The predicted octanol–water partition coefficient (Wildman–Crippen LogP) is 0.640. The van der Waals surface area contributed by atoms with Crippen LogP contribution in [0.4, 0.5) is 0 Å². The molecule has 0 fully saturated rings. The third-order valence-corrected chi connectivity index (χ3v) is 1.02. The van der Waals surface area contributed by atoms with Crippen LogP contribution in [-0.2, 0) is 0 Å². The molecular formula is C6H5N4O+. The summed E-state index contributed by atoms with van der Waals surface area (Å²) in [5.41, 5.74) is 7.35. The lowest BCUT2D eigenvalue weighted by Gasteiger charge is -1.67. The highest BCUT2D eigenvalue weighted by Crippen LogP contribution is 1.72. The number of hydrogen-bond donors (Lipinski definition) is 1. The molecule has 1 aromatic rings. The second kappa shape index (κ2) is 3.27. The fourth-order valence-corrected chi connectivity index (χ4v) is 0.628. The van der Waals surface area contributed by atoms with E-state index in [1.165, 1.54) is 6.20 Å². The van der Waals surface area contributed by atoms with Gasteiger partial charge in [0.2, 0.25) is 10.8 Å². The van der Waals surface area contributed by atoms with Crippen LogP contribution in [0.3, 0.4) is 0 Å². The third-order valence-electron chi connectivity index (χ3n) is 1.02. The molecule has 0 saturated heterocycles. The summed E-state index contributed by atoms with van der Waals surface area (Å²) >= 11 is 0. The van der Waals surface area contributed by atoms with Gasteiger partial charge < -0.3 is 4.42 Å². The second-order valence-corrected chi connectivity index (χ2v) is 1.74. The monoisotopic (exact) mass is 149 g/mol. The first-order chi connectivity index (χ1) is 5.36. The zero-order valence-electron chi connectivity index (χ0n) is 5.56. The van der Waals surface area contributed by atoms with Crippen LogP contribution >= 0.6 is 0 Å². The maximum atomic E-state index is 8.10. The number of nitrogens with zero attached hydrogens (tertiary/aromatic N) is 3. The molecule has 0 aliphatic heterocycles. The molecule has 0 aromatic carbocycles. The van der Waals surface area contributed by atoms with Gasteiger partial charge in [-0.2, -0.15) is 5.11 Å². The van der Waals surface area contributed by atoms with Crippen LogP contribution in [0, 0.1) is 10.9 Å². The summed E-state index contributed by atoms with van der Waals surface area (Å²) < 4.78 is 4.99. The van der Waals surface area contributed by atoms with Crippen molar-refractivity contribution in [3.05, 3.63) is 27.9 Å². The number of hydrogen-bond acceptors (Lipinski definition) is 4. The van der Waals surface area contributed by atoms with E-state index in [-0.39, 0.29) is 0 Å². The molecular weight excluding hydrogens is 144 g/mol. The summed E-state index contributed by atoms with van der Waals surface area (Å²) in [6.07, 6.45) is 2.40. The van der Waals surface area contributed by atoms with E-state index in [4.69, 9.17) is 15.3 Å². The minimum Gasteiger partial charge on any atom is -0.448 e. The maximum absolute atomic E-state index is 8.10. The standard InChI is InChI=1S/C6H5N4O/c7-9-3-5-1-2-6(11-5)4-10-8/h1-4,7H/q+1. The van der Waals surface area contributed by atoms with E-state index in [2.05, 4.69) is 10.1 Å². The van der Waals surface area contributed by atoms with Crippen molar-refractivity contribution in [1.29, 1.82) is 10.9 Å². The molecule has 0 aliphatic rings. The average molecular weight is 149 g/mol. The molecule has 0 amide bonds. The summed E-state index contributed by atoms with van der Waals surface area (Å²) in [6.45, 7) is 0. The molecule has 0 aliphatic carbocycles. The zero-order chi connectivity index (χ0) is 8.10. The van der Waals surface area contributed by atoms with Crippen LogP contribution in [0.2, 0.25) is 0 Å². The molecule has 5 heteroatoms. The van der Waals surface area contributed by atoms with Crippen LogP contribution < -0.4 is 10.8 Å². The lowest BCUT2D eigenvalue weighted by Crippen LogP contribution is -1.96. The molecule has 0 bridgehead atoms. The van der Waals surface area contributed by atoms with Crippen LogP contribution in [-0.4, -0.2) is 0 Å². The van der Waals surface area contributed by atoms with Gasteiger partial charge in [0.15, 0.2) is 4.98 Å². The molecule has 0 atom stereocenters. The Morgan fingerprint density at radius 3 is 2.91 bits per heavy atom. The molecule has 1 rings (SSSR count). The maximum Gasteiger partial charge on any atom is 0.392 e. The van der Waals surface area contributed by atoms with Gasteiger partial charge in [0.05, 0.1) is 6.20 Å². The first-order valence-corrected chi connectivity index (χ1v) is 2.84. The molecule has 1 heterocycles. The number of nitrogens with one attached hydrogen (secondary N) is 1. The van der Waals surface area contributed by atoms with Crippen LogP contribution in [0.15, 0.2) is 21.7 Å². The SMILES string of the molecule is N#[N+]C=c1ccc(=CN=N)o1. The van der Waals surface area contributed by atoms with Gasteiger partial charge in [-0.25, -0.2) is 5.53 Å². The molecule has 0 unspecified atom stereocenters. The predicted molar refractivity (Wildman–Crippen MR) is 37.1 cm³/mol. The summed E-state index contributed by atoms with van der Waals surface area (Å²) in [6, 6.07) is 3.23. The Morgan fingerprint density at radius 1 is 1.55 bits per heavy atom. The Balaban J connectivity index is 3.22. The molecule has 54 valence electrons. The molecule has 1 aromatic heterocycles. The fourth-order valence-electron chi connectivity index (χ4n) is 0.628. The third kappa shape index (κ3) is 1.72. The van der Waals surface area contributed by atoms with E-state index in [0.717, 1.165) is 6.20 Å². The van der Waals surface area contributed by atoms with Crippen LogP contribution in [0.1, 0.15) is 0 Å². The van der Waals surface area contributed by atoms with E-state index in [1.807, 2.05) is 0 Å². The number of rotatable bonds is 1. The molecule has 1 N–H and O–H groups in total. The quantitative estimate of drug-likeness (QED) is 0.469. The van der Waals surface area contributed by atoms with E-state index >= 15 is 0 Å². The van der Waals surface area contributed by atoms with E-state index in [0.29, 0.717) is 10.8 Å². The smallest absolute Gasteiger partial charge is 0.392 e. The Bertz CT molecular complexity index is 397.